The Morgan fingerprint density at radius 1 is 1.58 bits per heavy atom. The van der Waals surface area contributed by atoms with E-state index in [1.165, 1.54) is 0 Å². The van der Waals surface area contributed by atoms with Gasteiger partial charge in [0.05, 0.1) is 25.9 Å². The van der Waals surface area contributed by atoms with Crippen LogP contribution < -0.4 is 0 Å². The molecule has 0 saturated carbocycles. The monoisotopic (exact) mass is 171 g/mol. The van der Waals surface area contributed by atoms with Gasteiger partial charge in [-0.05, 0) is 5.53 Å². The molecule has 0 spiro atoms. The van der Waals surface area contributed by atoms with Crippen LogP contribution >= 0.6 is 0 Å². The van der Waals surface area contributed by atoms with Crippen molar-refractivity contribution in [2.24, 2.45) is 5.11 Å². The predicted octanol–water partition coefficient (Wildman–Crippen LogP) is -0.839. The maximum Gasteiger partial charge on any atom is 0.109 e. The van der Waals surface area contributed by atoms with Crippen molar-refractivity contribution in [1.29, 1.82) is 0 Å². The largest absolute Gasteiger partial charge is 0.396 e. The summed E-state index contributed by atoms with van der Waals surface area (Å²) in [5, 5.41) is 20.2. The molecule has 0 aliphatic carbocycles. The average Bonchev–Trinajstić information content (AvgIpc) is 2.10. The fourth-order valence-electron chi connectivity index (χ4n) is 0.572. The van der Waals surface area contributed by atoms with E-state index < -0.39 is 12.0 Å². The molecular weight excluding hydrogens is 161 g/mol. The highest BCUT2D eigenvalue weighted by Crippen LogP contribution is 1.99. The first kappa shape index (κ1) is 11.3. The van der Waals surface area contributed by atoms with Crippen molar-refractivity contribution >= 4 is 7.85 Å². The highest BCUT2D eigenvalue weighted by molar-refractivity contribution is 6.11. The Hall–Kier alpha value is -0.745. The van der Waals surface area contributed by atoms with Crippen molar-refractivity contribution in [3.05, 3.63) is 10.4 Å². The zero-order chi connectivity index (χ0) is 9.40. The van der Waals surface area contributed by atoms with Gasteiger partial charge in [0.2, 0.25) is 0 Å². The second-order valence-corrected chi connectivity index (χ2v) is 2.01. The summed E-state index contributed by atoms with van der Waals surface area (Å²) >= 11 is 0. The highest BCUT2D eigenvalue weighted by atomic mass is 16.5. The highest BCUT2D eigenvalue weighted by Gasteiger charge is 2.13. The van der Waals surface area contributed by atoms with Crippen LogP contribution in [-0.4, -0.2) is 49.9 Å². The third kappa shape index (κ3) is 4.20. The third-order valence-corrected chi connectivity index (χ3v) is 1.17. The zero-order valence-corrected chi connectivity index (χ0v) is 6.50. The Morgan fingerprint density at radius 3 is 2.67 bits per heavy atom. The van der Waals surface area contributed by atoms with Gasteiger partial charge in [-0.25, -0.2) is 0 Å². The van der Waals surface area contributed by atoms with E-state index in [0.717, 1.165) is 0 Å². The van der Waals surface area contributed by atoms with Gasteiger partial charge in [0, 0.05) is 10.9 Å². The van der Waals surface area contributed by atoms with E-state index in [1.54, 1.807) is 0 Å². The van der Waals surface area contributed by atoms with Gasteiger partial charge in [-0.15, -0.1) is 0 Å². The molecule has 0 fully saturated rings. The second-order valence-electron chi connectivity index (χ2n) is 2.01. The van der Waals surface area contributed by atoms with Crippen molar-refractivity contribution in [3.63, 3.8) is 0 Å². The lowest BCUT2D eigenvalue weighted by atomic mass is 9.93. The van der Waals surface area contributed by atoms with Gasteiger partial charge >= 0.3 is 0 Å². The molecule has 0 aromatic carbocycles. The van der Waals surface area contributed by atoms with Crippen molar-refractivity contribution in [3.8, 4) is 0 Å². The van der Waals surface area contributed by atoms with Crippen molar-refractivity contribution in [2.75, 3.05) is 19.8 Å². The lowest BCUT2D eigenvalue weighted by molar-refractivity contribution is 0.0473. The molecule has 0 heterocycles. The van der Waals surface area contributed by atoms with Gasteiger partial charge < -0.3 is 14.9 Å². The number of hydrogen-bond donors (Lipinski definition) is 2. The van der Waals surface area contributed by atoms with Crippen molar-refractivity contribution < 1.29 is 14.9 Å². The van der Waals surface area contributed by atoms with E-state index in [-0.39, 0.29) is 19.8 Å². The van der Waals surface area contributed by atoms with Crippen molar-refractivity contribution in [1.82, 2.24) is 0 Å². The maximum absolute atomic E-state index is 8.64. The Bertz CT molecular complexity index is 162. The summed E-state index contributed by atoms with van der Waals surface area (Å²) in [7, 11) is 5.34. The topological polar surface area (TPSA) is 98.5 Å². The molecule has 0 aromatic rings. The Balaban J connectivity index is 3.84. The number of aliphatic hydroxyl groups is 2. The van der Waals surface area contributed by atoms with E-state index >= 15 is 0 Å². The van der Waals surface area contributed by atoms with Crippen LogP contribution in [0.4, 0.5) is 0 Å². The van der Waals surface area contributed by atoms with Gasteiger partial charge in [-0.2, -0.15) is 0 Å². The minimum atomic E-state index is -0.877. The van der Waals surface area contributed by atoms with Crippen LogP contribution in [0, 0.1) is 0 Å². The number of aliphatic hydroxyl groups excluding tert-OH is 2. The van der Waals surface area contributed by atoms with E-state index in [1.807, 2.05) is 0 Å². The first-order valence-corrected chi connectivity index (χ1v) is 3.39. The lowest BCUT2D eigenvalue weighted by Crippen LogP contribution is -2.31. The molecular formula is C5H10BN3O3. The summed E-state index contributed by atoms with van der Waals surface area (Å²) in [6.45, 7) is -0.489. The minimum Gasteiger partial charge on any atom is -0.396 e. The van der Waals surface area contributed by atoms with Crippen molar-refractivity contribution in [2.45, 2.75) is 12.0 Å². The zero-order valence-electron chi connectivity index (χ0n) is 6.50. The molecule has 66 valence electrons. The van der Waals surface area contributed by atoms with E-state index in [2.05, 4.69) is 10.0 Å². The number of rotatable bonds is 6. The quantitative estimate of drug-likeness (QED) is 0.236. The standard InChI is InChI=1S/C5H10BN3O3/c6-5(12-2-1-10)4(3-11)8-9-7/h4-5,10-11H,1-3H2/t4-,5-/m1/s1. The molecule has 2 radical (unpaired) electrons. The van der Waals surface area contributed by atoms with Crippen LogP contribution in [0.2, 0.25) is 0 Å². The molecule has 7 heteroatoms. The molecule has 2 N–H and O–H groups in total. The maximum atomic E-state index is 8.64. The second kappa shape index (κ2) is 6.93. The molecule has 0 amide bonds. The van der Waals surface area contributed by atoms with Crippen LogP contribution in [0.25, 0.3) is 10.4 Å². The first-order valence-electron chi connectivity index (χ1n) is 3.39. The summed E-state index contributed by atoms with van der Waals surface area (Å²) in [6, 6.07) is -1.68. The summed E-state index contributed by atoms with van der Waals surface area (Å²) in [4.78, 5) is 2.48. The SMILES string of the molecule is [B][C@H](OCCO)[C@@H](CO)N=[N+]=[N-]. The van der Waals surface area contributed by atoms with Crippen LogP contribution in [0.5, 0.6) is 0 Å². The van der Waals surface area contributed by atoms with Crippen LogP contribution in [-0.2, 0) is 4.74 Å². The number of azide groups is 1. The van der Waals surface area contributed by atoms with Crippen LogP contribution in [0.1, 0.15) is 0 Å². The van der Waals surface area contributed by atoms with E-state index in [4.69, 9.17) is 28.3 Å². The molecule has 0 rings (SSSR count). The summed E-state index contributed by atoms with van der Waals surface area (Å²) < 4.78 is 4.80. The molecule has 12 heavy (non-hydrogen) atoms. The lowest BCUT2D eigenvalue weighted by Gasteiger charge is -2.17. The van der Waals surface area contributed by atoms with Gasteiger partial charge in [0.15, 0.2) is 0 Å². The molecule has 6 nitrogen and oxygen atoms in total. The summed E-state index contributed by atoms with van der Waals surface area (Å²) in [5.74, 6) is 0. The number of ether oxygens (including phenoxy) is 1. The molecule has 0 saturated heterocycles. The van der Waals surface area contributed by atoms with E-state index in [0.29, 0.717) is 0 Å². The molecule has 0 aromatic heterocycles. The Morgan fingerprint density at radius 2 is 2.25 bits per heavy atom. The Labute approximate surface area is 71.2 Å². The summed E-state index contributed by atoms with van der Waals surface area (Å²) in [5.41, 5.74) is 8.03. The molecule has 0 aliphatic rings. The fraction of sp³-hybridized carbons (Fsp3) is 1.00. The first-order chi connectivity index (χ1) is 5.76. The average molecular weight is 171 g/mol. The van der Waals surface area contributed by atoms with Crippen LogP contribution in [0.15, 0.2) is 5.11 Å². The number of nitrogens with zero attached hydrogens (tertiary/aromatic N) is 3. The predicted molar refractivity (Wildman–Crippen MR) is 42.6 cm³/mol. The van der Waals surface area contributed by atoms with Gasteiger partial charge in [0.25, 0.3) is 0 Å². The molecule has 0 bridgehead atoms. The summed E-state index contributed by atoms with van der Waals surface area (Å²) in [6.07, 6.45) is 0. The molecule has 2 atom stereocenters. The molecule has 0 aliphatic heterocycles. The van der Waals surface area contributed by atoms with E-state index in [9.17, 15) is 0 Å². The number of hydrogen-bond acceptors (Lipinski definition) is 4. The normalized spacial score (nSPS) is 14.8. The third-order valence-electron chi connectivity index (χ3n) is 1.17. The Kier molecular flexibility index (Phi) is 6.50. The fourth-order valence-corrected chi connectivity index (χ4v) is 0.572. The van der Waals surface area contributed by atoms with Gasteiger partial charge in [-0.1, -0.05) is 5.11 Å². The smallest absolute Gasteiger partial charge is 0.109 e. The van der Waals surface area contributed by atoms with Gasteiger partial charge in [0.1, 0.15) is 7.85 Å². The van der Waals surface area contributed by atoms with Gasteiger partial charge in [-0.3, -0.25) is 0 Å². The van der Waals surface area contributed by atoms with Crippen LogP contribution in [0.3, 0.4) is 0 Å². The molecule has 0 unspecified atom stereocenters. The minimum absolute atomic E-state index is 0.0542.